The minimum atomic E-state index is 0.0165. The van der Waals surface area contributed by atoms with E-state index in [0.717, 1.165) is 24.4 Å². The first-order valence-electron chi connectivity index (χ1n) is 5.96. The average Bonchev–Trinajstić information content (AvgIpc) is 2.77. The molecule has 0 radical (unpaired) electrons. The van der Waals surface area contributed by atoms with Gasteiger partial charge in [-0.3, -0.25) is 4.79 Å². The van der Waals surface area contributed by atoms with Gasteiger partial charge in [-0.05, 0) is 31.5 Å². The zero-order valence-electron chi connectivity index (χ0n) is 10.5. The van der Waals surface area contributed by atoms with Crippen molar-refractivity contribution in [2.24, 2.45) is 0 Å². The summed E-state index contributed by atoms with van der Waals surface area (Å²) in [5.74, 6) is 0.998. The summed E-state index contributed by atoms with van der Waals surface area (Å²) in [6, 6.07) is 5.36. The molecule has 94 valence electrons. The maximum Gasteiger partial charge on any atom is 0.159 e. The Morgan fingerprint density at radius 2 is 2.22 bits per heavy atom. The van der Waals surface area contributed by atoms with Crippen LogP contribution in [0.2, 0.25) is 5.02 Å². The van der Waals surface area contributed by atoms with Crippen molar-refractivity contribution in [2.45, 2.75) is 26.7 Å². The van der Waals surface area contributed by atoms with Gasteiger partial charge < -0.3 is 4.57 Å². The molecule has 0 saturated carbocycles. The molecule has 2 rings (SSSR count). The highest BCUT2D eigenvalue weighted by Crippen LogP contribution is 2.23. The van der Waals surface area contributed by atoms with Gasteiger partial charge in [0.2, 0.25) is 0 Å². The van der Waals surface area contributed by atoms with Crippen LogP contribution >= 0.6 is 11.6 Å². The fourth-order valence-corrected chi connectivity index (χ4v) is 2.16. The largest absolute Gasteiger partial charge is 0.302 e. The van der Waals surface area contributed by atoms with Crippen LogP contribution in [0.3, 0.4) is 0 Å². The van der Waals surface area contributed by atoms with E-state index in [-0.39, 0.29) is 5.78 Å². The Hall–Kier alpha value is -1.61. The molecule has 0 aliphatic rings. The Bertz CT molecular complexity index is 575. The Balaban J connectivity index is 2.44. The molecule has 0 bridgehead atoms. The van der Waals surface area contributed by atoms with E-state index in [4.69, 9.17) is 11.6 Å². The van der Waals surface area contributed by atoms with Gasteiger partial charge in [0, 0.05) is 24.4 Å². The van der Waals surface area contributed by atoms with Crippen molar-refractivity contribution in [3.8, 4) is 5.69 Å². The second-order valence-electron chi connectivity index (χ2n) is 4.19. The standard InChI is InChI=1S/C14H15ClN2O/c1-3-4-14-16-7-8-17(14)13-6-5-11(10(2)18)9-12(13)15/h5-9H,3-4H2,1-2H3. The van der Waals surface area contributed by atoms with Gasteiger partial charge in [0.05, 0.1) is 10.7 Å². The summed E-state index contributed by atoms with van der Waals surface area (Å²) in [7, 11) is 0. The summed E-state index contributed by atoms with van der Waals surface area (Å²) in [6.45, 7) is 3.64. The van der Waals surface area contributed by atoms with Gasteiger partial charge in [-0.25, -0.2) is 4.98 Å². The molecule has 1 aromatic carbocycles. The van der Waals surface area contributed by atoms with Gasteiger partial charge in [-0.2, -0.15) is 0 Å². The molecule has 0 atom stereocenters. The Morgan fingerprint density at radius 1 is 1.44 bits per heavy atom. The number of rotatable bonds is 4. The number of aryl methyl sites for hydroxylation is 1. The van der Waals surface area contributed by atoms with E-state index in [1.54, 1.807) is 18.3 Å². The van der Waals surface area contributed by atoms with Crippen molar-refractivity contribution >= 4 is 17.4 Å². The van der Waals surface area contributed by atoms with Crippen LogP contribution in [0.4, 0.5) is 0 Å². The predicted molar refractivity (Wildman–Crippen MR) is 72.6 cm³/mol. The molecule has 0 N–H and O–H groups in total. The maximum atomic E-state index is 11.3. The van der Waals surface area contributed by atoms with E-state index in [1.807, 2.05) is 16.8 Å². The van der Waals surface area contributed by atoms with Gasteiger partial charge in [0.25, 0.3) is 0 Å². The monoisotopic (exact) mass is 262 g/mol. The van der Waals surface area contributed by atoms with Gasteiger partial charge in [0.15, 0.2) is 5.78 Å². The fourth-order valence-electron chi connectivity index (χ4n) is 1.88. The first-order valence-corrected chi connectivity index (χ1v) is 6.34. The summed E-state index contributed by atoms with van der Waals surface area (Å²) >= 11 is 6.24. The van der Waals surface area contributed by atoms with Crippen molar-refractivity contribution < 1.29 is 4.79 Å². The second-order valence-corrected chi connectivity index (χ2v) is 4.59. The van der Waals surface area contributed by atoms with Crippen molar-refractivity contribution in [3.63, 3.8) is 0 Å². The number of aromatic nitrogens is 2. The molecule has 0 aliphatic heterocycles. The third-order valence-electron chi connectivity index (χ3n) is 2.80. The minimum Gasteiger partial charge on any atom is -0.302 e. The van der Waals surface area contributed by atoms with Gasteiger partial charge >= 0.3 is 0 Å². The summed E-state index contributed by atoms with van der Waals surface area (Å²) in [6.07, 6.45) is 5.58. The maximum absolute atomic E-state index is 11.3. The van der Waals surface area contributed by atoms with Crippen LogP contribution in [0.1, 0.15) is 36.5 Å². The molecular formula is C14H15ClN2O. The molecule has 4 heteroatoms. The number of imidazole rings is 1. The van der Waals surface area contributed by atoms with Gasteiger partial charge in [-0.15, -0.1) is 0 Å². The third kappa shape index (κ3) is 2.46. The van der Waals surface area contributed by atoms with Crippen LogP contribution < -0.4 is 0 Å². The van der Waals surface area contributed by atoms with Crippen molar-refractivity contribution in [1.82, 2.24) is 9.55 Å². The zero-order chi connectivity index (χ0) is 13.1. The lowest BCUT2D eigenvalue weighted by Gasteiger charge is -2.10. The fraction of sp³-hybridized carbons (Fsp3) is 0.286. The molecule has 0 fully saturated rings. The summed E-state index contributed by atoms with van der Waals surface area (Å²) in [4.78, 5) is 15.6. The van der Waals surface area contributed by atoms with Crippen LogP contribution in [0.25, 0.3) is 5.69 Å². The highest BCUT2D eigenvalue weighted by atomic mass is 35.5. The minimum absolute atomic E-state index is 0.0165. The molecule has 3 nitrogen and oxygen atoms in total. The highest BCUT2D eigenvalue weighted by Gasteiger charge is 2.09. The van der Waals surface area contributed by atoms with E-state index in [0.29, 0.717) is 10.6 Å². The predicted octanol–water partition coefficient (Wildman–Crippen LogP) is 3.68. The number of nitrogens with zero attached hydrogens (tertiary/aromatic N) is 2. The van der Waals surface area contributed by atoms with E-state index in [2.05, 4.69) is 11.9 Å². The molecule has 18 heavy (non-hydrogen) atoms. The lowest BCUT2D eigenvalue weighted by atomic mass is 10.1. The van der Waals surface area contributed by atoms with E-state index in [9.17, 15) is 4.79 Å². The topological polar surface area (TPSA) is 34.9 Å². The first-order chi connectivity index (χ1) is 8.63. The van der Waals surface area contributed by atoms with Crippen LogP contribution in [-0.2, 0) is 6.42 Å². The van der Waals surface area contributed by atoms with Crippen LogP contribution in [0, 0.1) is 0 Å². The van der Waals surface area contributed by atoms with Crippen molar-refractivity contribution in [3.05, 3.63) is 47.0 Å². The molecular weight excluding hydrogens is 248 g/mol. The molecule has 0 amide bonds. The molecule has 2 aromatic rings. The Kier molecular flexibility index (Phi) is 3.82. The molecule has 1 aromatic heterocycles. The summed E-state index contributed by atoms with van der Waals surface area (Å²) < 4.78 is 1.97. The van der Waals surface area contributed by atoms with Crippen molar-refractivity contribution in [2.75, 3.05) is 0 Å². The molecule has 0 aliphatic carbocycles. The van der Waals surface area contributed by atoms with Crippen LogP contribution in [0.15, 0.2) is 30.6 Å². The van der Waals surface area contributed by atoms with Gasteiger partial charge in [-0.1, -0.05) is 18.5 Å². The van der Waals surface area contributed by atoms with E-state index >= 15 is 0 Å². The quantitative estimate of drug-likeness (QED) is 0.788. The lowest BCUT2D eigenvalue weighted by molar-refractivity contribution is 0.101. The molecule has 1 heterocycles. The Morgan fingerprint density at radius 3 is 2.83 bits per heavy atom. The normalized spacial score (nSPS) is 10.6. The number of hydrogen-bond acceptors (Lipinski definition) is 2. The number of hydrogen-bond donors (Lipinski definition) is 0. The SMILES string of the molecule is CCCc1nccn1-c1ccc(C(C)=O)cc1Cl. The number of benzene rings is 1. The van der Waals surface area contributed by atoms with Crippen LogP contribution in [0.5, 0.6) is 0 Å². The number of carbonyl (C=O) groups is 1. The Labute approximate surface area is 111 Å². The van der Waals surface area contributed by atoms with E-state index in [1.165, 1.54) is 6.92 Å². The zero-order valence-corrected chi connectivity index (χ0v) is 11.2. The summed E-state index contributed by atoms with van der Waals surface area (Å²) in [5, 5.41) is 0.568. The number of halogens is 1. The smallest absolute Gasteiger partial charge is 0.159 e. The third-order valence-corrected chi connectivity index (χ3v) is 3.11. The molecule has 0 saturated heterocycles. The average molecular weight is 263 g/mol. The first kappa shape index (κ1) is 12.8. The van der Waals surface area contributed by atoms with E-state index < -0.39 is 0 Å². The number of carbonyl (C=O) groups excluding carboxylic acids is 1. The summed E-state index contributed by atoms with van der Waals surface area (Å²) in [5.41, 5.74) is 1.49. The number of Topliss-reactive ketones (excluding diaryl/α,β-unsaturated/α-hetero) is 1. The second kappa shape index (κ2) is 5.36. The highest BCUT2D eigenvalue weighted by molar-refractivity contribution is 6.32. The lowest BCUT2D eigenvalue weighted by Crippen LogP contribution is -2.02. The van der Waals surface area contributed by atoms with Crippen LogP contribution in [-0.4, -0.2) is 15.3 Å². The molecule has 0 unspecified atom stereocenters. The van der Waals surface area contributed by atoms with Crippen molar-refractivity contribution in [1.29, 1.82) is 0 Å². The number of ketones is 1. The van der Waals surface area contributed by atoms with Gasteiger partial charge in [0.1, 0.15) is 5.82 Å². The molecule has 0 spiro atoms.